The van der Waals surface area contributed by atoms with Gasteiger partial charge >= 0.3 is 8.25 Å². The third-order valence-corrected chi connectivity index (χ3v) is 17.7. The largest absolute Gasteiger partial charge is 0.494 e. The molecule has 0 saturated heterocycles. The third kappa shape index (κ3) is 20.8. The fraction of sp³-hybridized carbons (Fsp3) is 0.536. The van der Waals surface area contributed by atoms with Crippen molar-refractivity contribution in [2.45, 2.75) is 125 Å². The molecule has 2 unspecified atom stereocenters. The van der Waals surface area contributed by atoms with E-state index in [0.29, 0.717) is 99.1 Å². The second-order valence-electron chi connectivity index (χ2n) is 17.6. The molecule has 0 saturated carbocycles. The summed E-state index contributed by atoms with van der Waals surface area (Å²) >= 11 is 3.48. The van der Waals surface area contributed by atoms with Gasteiger partial charge in [0.2, 0.25) is 0 Å². The van der Waals surface area contributed by atoms with Crippen LogP contribution >= 0.6 is 31.8 Å². The highest BCUT2D eigenvalue weighted by molar-refractivity contribution is 8.01. The third-order valence-electron chi connectivity index (χ3n) is 12.8. The van der Waals surface area contributed by atoms with Crippen molar-refractivity contribution in [2.75, 3.05) is 66.1 Å². The number of benzene rings is 4. The van der Waals surface area contributed by atoms with Gasteiger partial charge in [-0.3, -0.25) is 14.2 Å². The highest BCUT2D eigenvalue weighted by atomic mass is 32.2. The van der Waals surface area contributed by atoms with Gasteiger partial charge in [0.25, 0.3) is 0 Å². The minimum atomic E-state index is -2.87. The van der Waals surface area contributed by atoms with Gasteiger partial charge in [-0.15, -0.1) is 23.5 Å². The van der Waals surface area contributed by atoms with Gasteiger partial charge in [0, 0.05) is 96.1 Å². The molecule has 4 N–H and O–H groups in total. The molecule has 0 bridgehead atoms. The zero-order valence-corrected chi connectivity index (χ0v) is 45.4. The molecule has 4 aromatic carbocycles. The second-order valence-corrected chi connectivity index (χ2v) is 22.0. The Morgan fingerprint density at radius 1 is 0.458 bits per heavy atom. The van der Waals surface area contributed by atoms with Crippen molar-refractivity contribution in [3.05, 3.63) is 119 Å². The van der Waals surface area contributed by atoms with E-state index in [0.717, 1.165) is 36.8 Å². The van der Waals surface area contributed by atoms with Crippen molar-refractivity contribution in [1.29, 1.82) is 0 Å². The molecule has 16 heteroatoms. The highest BCUT2D eigenvalue weighted by Crippen LogP contribution is 2.50. The molecule has 72 heavy (non-hydrogen) atoms. The highest BCUT2D eigenvalue weighted by Gasteiger charge is 2.34. The van der Waals surface area contributed by atoms with Gasteiger partial charge in [0.1, 0.15) is 23.0 Å². The van der Waals surface area contributed by atoms with Crippen molar-refractivity contribution < 1.29 is 62.6 Å². The van der Waals surface area contributed by atoms with Crippen molar-refractivity contribution in [2.24, 2.45) is 0 Å². The SMILES string of the molecule is CCC(CC)(CCO[PH](=O)OCCC(CC)(CC)SC(CC(=O)c1ccc(OCCCO)cc1)c1ccc(OCCCO)cc1)SC(CC(=O)c1ccc(OCCCO)cc1)c1ccc(OCCCO)cc1. The summed E-state index contributed by atoms with van der Waals surface area (Å²) < 4.78 is 47.7. The summed E-state index contributed by atoms with van der Waals surface area (Å²) in [5, 5.41) is 36.2. The van der Waals surface area contributed by atoms with Crippen molar-refractivity contribution in [3.8, 4) is 23.0 Å². The molecular formula is C56H79O13PS2. The van der Waals surface area contributed by atoms with Gasteiger partial charge in [-0.05, 0) is 122 Å². The summed E-state index contributed by atoms with van der Waals surface area (Å²) in [6, 6.07) is 29.8. The number of carbonyl (C=O) groups is 2. The Hall–Kier alpha value is -3.89. The lowest BCUT2D eigenvalue weighted by Crippen LogP contribution is -2.27. The van der Waals surface area contributed by atoms with Gasteiger partial charge in [0.05, 0.1) is 39.6 Å². The van der Waals surface area contributed by atoms with E-state index >= 15 is 0 Å². The first-order valence-corrected chi connectivity index (χ1v) is 28.5. The van der Waals surface area contributed by atoms with Crippen LogP contribution in [-0.4, -0.2) is 108 Å². The summed E-state index contributed by atoms with van der Waals surface area (Å²) in [7, 11) is -2.87. The molecule has 0 fully saturated rings. The van der Waals surface area contributed by atoms with E-state index in [4.69, 9.17) is 38.2 Å². The summed E-state index contributed by atoms with van der Waals surface area (Å²) in [5.74, 6) is 2.62. The molecule has 4 aromatic rings. The number of rotatable bonds is 40. The van der Waals surface area contributed by atoms with Crippen molar-refractivity contribution >= 4 is 43.3 Å². The number of aliphatic hydroxyl groups excluding tert-OH is 4. The minimum Gasteiger partial charge on any atom is -0.494 e. The van der Waals surface area contributed by atoms with E-state index in [2.05, 4.69) is 27.7 Å². The predicted molar refractivity (Wildman–Crippen MR) is 290 cm³/mol. The van der Waals surface area contributed by atoms with Gasteiger partial charge in [0.15, 0.2) is 11.6 Å². The lowest BCUT2D eigenvalue weighted by molar-refractivity contribution is 0.0973. The van der Waals surface area contributed by atoms with Crippen LogP contribution < -0.4 is 18.9 Å². The first kappa shape index (κ1) is 60.7. The van der Waals surface area contributed by atoms with Gasteiger partial charge in [-0.2, -0.15) is 0 Å². The van der Waals surface area contributed by atoms with Crippen LogP contribution in [0.25, 0.3) is 0 Å². The average Bonchev–Trinajstić information content (AvgIpc) is 3.40. The molecular weight excluding hydrogens is 976 g/mol. The van der Waals surface area contributed by atoms with E-state index in [1.165, 1.54) is 0 Å². The number of thioether (sulfide) groups is 2. The zero-order chi connectivity index (χ0) is 52.0. The van der Waals surface area contributed by atoms with E-state index < -0.39 is 8.25 Å². The van der Waals surface area contributed by atoms with Crippen LogP contribution in [0.1, 0.15) is 147 Å². The monoisotopic (exact) mass is 1050 g/mol. The predicted octanol–water partition coefficient (Wildman–Crippen LogP) is 11.8. The quantitative estimate of drug-likeness (QED) is 0.0187. The van der Waals surface area contributed by atoms with Crippen molar-refractivity contribution in [1.82, 2.24) is 0 Å². The molecule has 398 valence electrons. The van der Waals surface area contributed by atoms with Crippen LogP contribution in [0.3, 0.4) is 0 Å². The number of carbonyl (C=O) groups excluding carboxylic acids is 2. The Balaban J connectivity index is 1.42. The summed E-state index contributed by atoms with van der Waals surface area (Å²) in [5.41, 5.74) is 3.11. The molecule has 0 heterocycles. The summed E-state index contributed by atoms with van der Waals surface area (Å²) in [4.78, 5) is 27.8. The van der Waals surface area contributed by atoms with E-state index in [-0.39, 0.29) is 84.0 Å². The lowest BCUT2D eigenvalue weighted by Gasteiger charge is -2.35. The number of hydrogen-bond donors (Lipinski definition) is 4. The maximum atomic E-state index is 13.9. The van der Waals surface area contributed by atoms with Crippen LogP contribution in [0.5, 0.6) is 23.0 Å². The van der Waals surface area contributed by atoms with E-state index in [9.17, 15) is 24.4 Å². The standard InChI is InChI=1S/C56H79O13PS2/c1-5-55(6-2,71-53(45-17-25-49(26-18-45)66-37-11-33-59)41-51(61)43-13-21-47(22-14-43)64-35-9-31-57)29-39-68-70(63)69-40-30-56(7-3,8-4)72-54(46-19-27-50(28-20-46)67-38-12-34-60)42-52(62)44-15-23-48(24-16-44)65-36-10-32-58/h13-28,53-54,57-60,70H,5-12,29-42H2,1-4H3. The lowest BCUT2D eigenvalue weighted by atomic mass is 9.98. The molecule has 4 rings (SSSR count). The zero-order valence-electron chi connectivity index (χ0n) is 42.7. The van der Waals surface area contributed by atoms with Crippen LogP contribution in [0.15, 0.2) is 97.1 Å². The molecule has 0 radical (unpaired) electrons. The van der Waals surface area contributed by atoms with Gasteiger partial charge in [-0.25, -0.2) is 0 Å². The second kappa shape index (κ2) is 33.8. The Bertz CT molecular complexity index is 1980. The van der Waals surface area contributed by atoms with E-state index in [1.807, 2.05) is 48.5 Å². The molecule has 0 aliphatic heterocycles. The molecule has 0 amide bonds. The number of Topliss-reactive ketones (excluding diaryl/α,β-unsaturated/α-hetero) is 2. The summed E-state index contributed by atoms with van der Waals surface area (Å²) in [6.45, 7) is 10.7. The molecule has 0 aliphatic carbocycles. The maximum absolute atomic E-state index is 13.9. The molecule has 13 nitrogen and oxygen atoms in total. The number of ketones is 2. The Morgan fingerprint density at radius 3 is 1.00 bits per heavy atom. The van der Waals surface area contributed by atoms with Gasteiger partial charge < -0.3 is 48.4 Å². The maximum Gasteiger partial charge on any atom is 0.319 e. The smallest absolute Gasteiger partial charge is 0.319 e. The topological polar surface area (TPSA) is 188 Å². The fourth-order valence-electron chi connectivity index (χ4n) is 8.02. The van der Waals surface area contributed by atoms with Crippen LogP contribution in [0.4, 0.5) is 0 Å². The summed E-state index contributed by atoms with van der Waals surface area (Å²) in [6.07, 6.45) is 6.89. The Morgan fingerprint density at radius 2 is 0.736 bits per heavy atom. The van der Waals surface area contributed by atoms with Crippen molar-refractivity contribution in [3.63, 3.8) is 0 Å². The molecule has 2 atom stereocenters. The Kier molecular flexibility index (Phi) is 28.5. The Labute approximate surface area is 437 Å². The number of hydrogen-bond acceptors (Lipinski definition) is 15. The number of ether oxygens (including phenoxy) is 4. The van der Waals surface area contributed by atoms with E-state index in [1.54, 1.807) is 72.1 Å². The molecule has 0 spiro atoms. The fourth-order valence-corrected chi connectivity index (χ4v) is 12.0. The average molecular weight is 1060 g/mol. The first-order valence-electron chi connectivity index (χ1n) is 25.5. The van der Waals surface area contributed by atoms with Crippen LogP contribution in [0.2, 0.25) is 0 Å². The minimum absolute atomic E-state index is 0.00967. The molecule has 0 aromatic heterocycles. The normalized spacial score (nSPS) is 13.1. The number of aliphatic hydroxyl groups is 4. The van der Waals surface area contributed by atoms with Gasteiger partial charge in [-0.1, -0.05) is 52.0 Å². The van der Waals surface area contributed by atoms with Crippen LogP contribution in [0, 0.1) is 0 Å². The molecule has 0 aliphatic rings. The van der Waals surface area contributed by atoms with Crippen LogP contribution in [-0.2, 0) is 13.6 Å². The first-order chi connectivity index (χ1) is 35.0.